The summed E-state index contributed by atoms with van der Waals surface area (Å²) in [6.07, 6.45) is 0.947. The van der Waals surface area contributed by atoms with Crippen LogP contribution in [0, 0.1) is 0 Å². The van der Waals surface area contributed by atoms with E-state index in [0.717, 1.165) is 25.3 Å². The Morgan fingerprint density at radius 1 is 1.33 bits per heavy atom. The Bertz CT molecular complexity index is 354. The van der Waals surface area contributed by atoms with E-state index in [1.54, 1.807) is 0 Å². The van der Waals surface area contributed by atoms with Gasteiger partial charge in [0.05, 0.1) is 6.54 Å². The van der Waals surface area contributed by atoms with Crippen molar-refractivity contribution in [2.45, 2.75) is 6.42 Å². The summed E-state index contributed by atoms with van der Waals surface area (Å²) in [7, 11) is 2.08. The van der Waals surface area contributed by atoms with Gasteiger partial charge in [-0.15, -0.1) is 0 Å². The zero-order valence-corrected chi connectivity index (χ0v) is 9.11. The highest BCUT2D eigenvalue weighted by atomic mass is 15.2. The lowest BCUT2D eigenvalue weighted by Crippen LogP contribution is -2.23. The Balaban J connectivity index is 2.16. The molecule has 0 atom stereocenters. The van der Waals surface area contributed by atoms with Gasteiger partial charge in [-0.05, 0) is 18.5 Å². The third-order valence-electron chi connectivity index (χ3n) is 2.70. The SMILES string of the molecule is CN1CCN=C1c1ccc(CCN)cc1. The molecule has 0 aromatic heterocycles. The first-order valence-electron chi connectivity index (χ1n) is 5.36. The summed E-state index contributed by atoms with van der Waals surface area (Å²) in [5.74, 6) is 1.11. The number of hydrogen-bond acceptors (Lipinski definition) is 3. The first kappa shape index (κ1) is 10.2. The van der Waals surface area contributed by atoms with Gasteiger partial charge in [-0.2, -0.15) is 0 Å². The van der Waals surface area contributed by atoms with Gasteiger partial charge < -0.3 is 10.6 Å². The van der Waals surface area contributed by atoms with Crippen LogP contribution in [0.2, 0.25) is 0 Å². The Labute approximate surface area is 90.6 Å². The van der Waals surface area contributed by atoms with Crippen LogP contribution in [0.15, 0.2) is 29.3 Å². The van der Waals surface area contributed by atoms with Crippen LogP contribution in [0.1, 0.15) is 11.1 Å². The molecule has 2 N–H and O–H groups in total. The molecule has 1 aliphatic rings. The molecule has 0 spiro atoms. The van der Waals surface area contributed by atoms with E-state index in [4.69, 9.17) is 5.73 Å². The number of aliphatic imine (C=N–C) groups is 1. The van der Waals surface area contributed by atoms with Crippen molar-refractivity contribution in [3.8, 4) is 0 Å². The first-order chi connectivity index (χ1) is 7.31. The van der Waals surface area contributed by atoms with Gasteiger partial charge >= 0.3 is 0 Å². The number of rotatable bonds is 3. The molecule has 1 aromatic carbocycles. The van der Waals surface area contributed by atoms with Crippen molar-refractivity contribution >= 4 is 5.84 Å². The molecule has 1 aromatic rings. The molecule has 0 unspecified atom stereocenters. The summed E-state index contributed by atoms with van der Waals surface area (Å²) in [5, 5.41) is 0. The van der Waals surface area contributed by atoms with Crippen LogP contribution in [-0.2, 0) is 6.42 Å². The number of benzene rings is 1. The Morgan fingerprint density at radius 2 is 2.07 bits per heavy atom. The minimum absolute atomic E-state index is 0.709. The van der Waals surface area contributed by atoms with Crippen LogP contribution in [0.5, 0.6) is 0 Å². The minimum Gasteiger partial charge on any atom is -0.358 e. The molecule has 0 saturated heterocycles. The summed E-state index contributed by atoms with van der Waals surface area (Å²) in [4.78, 5) is 6.67. The average molecular weight is 203 g/mol. The number of likely N-dealkylation sites (N-methyl/N-ethyl adjacent to an activating group) is 1. The van der Waals surface area contributed by atoms with Crippen LogP contribution >= 0.6 is 0 Å². The second-order valence-corrected chi connectivity index (χ2v) is 3.86. The summed E-state index contributed by atoms with van der Waals surface area (Å²) >= 11 is 0. The summed E-state index contributed by atoms with van der Waals surface area (Å²) < 4.78 is 0. The molecule has 0 fully saturated rings. The average Bonchev–Trinajstić information content (AvgIpc) is 2.66. The molecular formula is C12H17N3. The molecule has 0 aliphatic carbocycles. The number of nitrogens with two attached hydrogens (primary N) is 1. The first-order valence-corrected chi connectivity index (χ1v) is 5.36. The van der Waals surface area contributed by atoms with Gasteiger partial charge in [0.15, 0.2) is 0 Å². The largest absolute Gasteiger partial charge is 0.358 e. The molecular weight excluding hydrogens is 186 g/mol. The van der Waals surface area contributed by atoms with Crippen molar-refractivity contribution in [1.29, 1.82) is 0 Å². The fourth-order valence-corrected chi connectivity index (χ4v) is 1.83. The molecule has 15 heavy (non-hydrogen) atoms. The summed E-state index contributed by atoms with van der Waals surface area (Å²) in [6, 6.07) is 8.53. The van der Waals surface area contributed by atoms with E-state index >= 15 is 0 Å². The van der Waals surface area contributed by atoms with Gasteiger partial charge in [-0.1, -0.05) is 24.3 Å². The van der Waals surface area contributed by atoms with E-state index < -0.39 is 0 Å². The van der Waals surface area contributed by atoms with E-state index in [2.05, 4.69) is 41.2 Å². The van der Waals surface area contributed by atoms with Crippen molar-refractivity contribution < 1.29 is 0 Å². The third-order valence-corrected chi connectivity index (χ3v) is 2.70. The van der Waals surface area contributed by atoms with Crippen molar-refractivity contribution in [2.24, 2.45) is 10.7 Å². The number of amidine groups is 1. The standard InChI is InChI=1S/C12H17N3/c1-15-9-8-14-12(15)11-4-2-10(3-5-11)6-7-13/h2-5H,6-9,13H2,1H3. The third kappa shape index (κ3) is 2.18. The zero-order valence-electron chi connectivity index (χ0n) is 9.11. The Kier molecular flexibility index (Phi) is 3.02. The van der Waals surface area contributed by atoms with Gasteiger partial charge in [0.25, 0.3) is 0 Å². The van der Waals surface area contributed by atoms with E-state index in [-0.39, 0.29) is 0 Å². The van der Waals surface area contributed by atoms with Crippen LogP contribution < -0.4 is 5.73 Å². The molecule has 0 bridgehead atoms. The van der Waals surface area contributed by atoms with Crippen molar-refractivity contribution in [3.05, 3.63) is 35.4 Å². The van der Waals surface area contributed by atoms with E-state index in [1.807, 2.05) is 0 Å². The highest BCUT2D eigenvalue weighted by Gasteiger charge is 2.13. The Morgan fingerprint density at radius 3 is 2.60 bits per heavy atom. The highest BCUT2D eigenvalue weighted by Crippen LogP contribution is 2.11. The van der Waals surface area contributed by atoms with E-state index in [9.17, 15) is 0 Å². The topological polar surface area (TPSA) is 41.6 Å². The maximum Gasteiger partial charge on any atom is 0.130 e. The van der Waals surface area contributed by atoms with Gasteiger partial charge in [0.2, 0.25) is 0 Å². The highest BCUT2D eigenvalue weighted by molar-refractivity contribution is 5.99. The minimum atomic E-state index is 0.709. The van der Waals surface area contributed by atoms with Crippen LogP contribution in [0.25, 0.3) is 0 Å². The maximum absolute atomic E-state index is 5.51. The van der Waals surface area contributed by atoms with E-state index in [1.165, 1.54) is 11.1 Å². The van der Waals surface area contributed by atoms with Crippen LogP contribution in [0.3, 0.4) is 0 Å². The summed E-state index contributed by atoms with van der Waals surface area (Å²) in [5.41, 5.74) is 8.01. The second kappa shape index (κ2) is 4.45. The molecule has 0 saturated carbocycles. The molecule has 0 radical (unpaired) electrons. The van der Waals surface area contributed by atoms with Crippen molar-refractivity contribution in [3.63, 3.8) is 0 Å². The molecule has 3 heteroatoms. The number of nitrogens with zero attached hydrogens (tertiary/aromatic N) is 2. The van der Waals surface area contributed by atoms with E-state index in [0.29, 0.717) is 6.54 Å². The second-order valence-electron chi connectivity index (χ2n) is 3.86. The van der Waals surface area contributed by atoms with Crippen molar-refractivity contribution in [1.82, 2.24) is 4.90 Å². The van der Waals surface area contributed by atoms with Gasteiger partial charge in [0.1, 0.15) is 5.84 Å². The quantitative estimate of drug-likeness (QED) is 0.792. The molecule has 3 nitrogen and oxygen atoms in total. The van der Waals surface area contributed by atoms with Gasteiger partial charge in [-0.3, -0.25) is 4.99 Å². The fraction of sp³-hybridized carbons (Fsp3) is 0.417. The predicted molar refractivity (Wildman–Crippen MR) is 63.2 cm³/mol. The Hall–Kier alpha value is -1.35. The normalized spacial score (nSPS) is 15.6. The summed E-state index contributed by atoms with van der Waals surface area (Å²) in [6.45, 7) is 2.65. The lowest BCUT2D eigenvalue weighted by molar-refractivity contribution is 0.557. The van der Waals surface area contributed by atoms with Gasteiger partial charge in [-0.25, -0.2) is 0 Å². The van der Waals surface area contributed by atoms with Crippen molar-refractivity contribution in [2.75, 3.05) is 26.7 Å². The smallest absolute Gasteiger partial charge is 0.130 e. The molecule has 1 aliphatic heterocycles. The zero-order chi connectivity index (χ0) is 10.7. The predicted octanol–water partition coefficient (Wildman–Crippen LogP) is 0.880. The molecule has 0 amide bonds. The fourth-order valence-electron chi connectivity index (χ4n) is 1.83. The van der Waals surface area contributed by atoms with Crippen LogP contribution in [-0.4, -0.2) is 37.4 Å². The lowest BCUT2D eigenvalue weighted by Gasteiger charge is -2.13. The maximum atomic E-state index is 5.51. The molecule has 2 rings (SSSR count). The lowest BCUT2D eigenvalue weighted by atomic mass is 10.1. The van der Waals surface area contributed by atoms with Gasteiger partial charge in [0, 0.05) is 19.2 Å². The molecule has 80 valence electrons. The molecule has 1 heterocycles. The van der Waals surface area contributed by atoms with Crippen LogP contribution in [0.4, 0.5) is 0 Å². The monoisotopic (exact) mass is 203 g/mol. The number of hydrogen-bond donors (Lipinski definition) is 1.